The lowest BCUT2D eigenvalue weighted by molar-refractivity contribution is 0.110. The van der Waals surface area contributed by atoms with Gasteiger partial charge in [-0.3, -0.25) is 0 Å². The lowest BCUT2D eigenvalue weighted by Gasteiger charge is -2.12. The van der Waals surface area contributed by atoms with Crippen molar-refractivity contribution in [2.75, 3.05) is 13.2 Å². The van der Waals surface area contributed by atoms with E-state index in [-0.39, 0.29) is 12.4 Å². The minimum absolute atomic E-state index is 0. The molecule has 0 radical (unpaired) electrons. The Morgan fingerprint density at radius 1 is 1.12 bits per heavy atom. The third-order valence-electron chi connectivity index (χ3n) is 3.96. The second kappa shape index (κ2) is 10.0. The van der Waals surface area contributed by atoms with Crippen LogP contribution >= 0.6 is 28.3 Å². The first kappa shape index (κ1) is 19.3. The Kier molecular flexibility index (Phi) is 8.06. The molecule has 0 bridgehead atoms. The first-order valence-corrected chi connectivity index (χ1v) is 8.88. The average Bonchev–Trinajstić information content (AvgIpc) is 3.08. The maximum absolute atomic E-state index is 5.88. The van der Waals surface area contributed by atoms with Gasteiger partial charge in [-0.05, 0) is 52.0 Å². The highest BCUT2D eigenvalue weighted by molar-refractivity contribution is 9.10. The van der Waals surface area contributed by atoms with Crippen LogP contribution in [0.1, 0.15) is 24.0 Å². The average molecular weight is 413 g/mol. The Balaban J connectivity index is 0.00000208. The van der Waals surface area contributed by atoms with E-state index in [4.69, 9.17) is 9.47 Å². The minimum Gasteiger partial charge on any atom is -0.488 e. The van der Waals surface area contributed by atoms with Crippen LogP contribution in [0.2, 0.25) is 0 Å². The molecule has 1 unspecified atom stereocenters. The number of hydrogen-bond donors (Lipinski definition) is 1. The van der Waals surface area contributed by atoms with E-state index in [2.05, 4.69) is 45.5 Å². The second-order valence-corrected chi connectivity index (χ2v) is 6.66. The van der Waals surface area contributed by atoms with E-state index < -0.39 is 0 Å². The van der Waals surface area contributed by atoms with Crippen molar-refractivity contribution in [3.63, 3.8) is 0 Å². The molecule has 0 aliphatic carbocycles. The van der Waals surface area contributed by atoms with Crippen LogP contribution in [0, 0.1) is 0 Å². The summed E-state index contributed by atoms with van der Waals surface area (Å²) in [6, 6.07) is 16.4. The Labute approximate surface area is 158 Å². The van der Waals surface area contributed by atoms with E-state index in [9.17, 15) is 0 Å². The topological polar surface area (TPSA) is 30.5 Å². The molecular formula is C19H23BrClNO2. The van der Waals surface area contributed by atoms with Crippen LogP contribution in [0.3, 0.4) is 0 Å². The summed E-state index contributed by atoms with van der Waals surface area (Å²) in [6.07, 6.45) is 2.74. The van der Waals surface area contributed by atoms with Crippen LogP contribution in [0.4, 0.5) is 0 Å². The van der Waals surface area contributed by atoms with Gasteiger partial charge in [0.05, 0.1) is 10.6 Å². The summed E-state index contributed by atoms with van der Waals surface area (Å²) in [7, 11) is 0. The quantitative estimate of drug-likeness (QED) is 0.714. The highest BCUT2D eigenvalue weighted by Crippen LogP contribution is 2.27. The fourth-order valence-electron chi connectivity index (χ4n) is 2.69. The molecule has 1 N–H and O–H groups in total. The van der Waals surface area contributed by atoms with Gasteiger partial charge in [-0.1, -0.05) is 36.4 Å². The van der Waals surface area contributed by atoms with Crippen molar-refractivity contribution in [1.29, 1.82) is 0 Å². The van der Waals surface area contributed by atoms with Gasteiger partial charge in [0.2, 0.25) is 0 Å². The molecule has 0 saturated carbocycles. The Morgan fingerprint density at radius 3 is 2.67 bits per heavy atom. The molecule has 2 aromatic carbocycles. The van der Waals surface area contributed by atoms with Gasteiger partial charge >= 0.3 is 0 Å². The Bertz CT molecular complexity index is 618. The van der Waals surface area contributed by atoms with E-state index in [0.29, 0.717) is 12.7 Å². The molecule has 2 aromatic rings. The summed E-state index contributed by atoms with van der Waals surface area (Å²) in [5, 5.41) is 3.46. The fraction of sp³-hybridized carbons (Fsp3) is 0.368. The van der Waals surface area contributed by atoms with Crippen molar-refractivity contribution < 1.29 is 9.47 Å². The molecule has 3 rings (SSSR count). The molecule has 1 aliphatic heterocycles. The third-order valence-corrected chi connectivity index (χ3v) is 4.58. The SMILES string of the molecule is Brc1cc(CNCC2CCCO2)ccc1OCc1ccccc1.Cl. The number of halogens is 2. The van der Waals surface area contributed by atoms with Crippen LogP contribution in [-0.4, -0.2) is 19.3 Å². The Hall–Kier alpha value is -1.07. The zero-order valence-corrected chi connectivity index (χ0v) is 15.9. The molecule has 1 aliphatic rings. The van der Waals surface area contributed by atoms with Crippen molar-refractivity contribution >= 4 is 28.3 Å². The number of rotatable bonds is 7. The van der Waals surface area contributed by atoms with Crippen LogP contribution in [0.5, 0.6) is 5.75 Å². The smallest absolute Gasteiger partial charge is 0.134 e. The van der Waals surface area contributed by atoms with Crippen molar-refractivity contribution in [2.45, 2.75) is 32.1 Å². The highest BCUT2D eigenvalue weighted by atomic mass is 79.9. The molecule has 1 fully saturated rings. The van der Waals surface area contributed by atoms with Crippen molar-refractivity contribution in [3.8, 4) is 5.75 Å². The maximum Gasteiger partial charge on any atom is 0.134 e. The standard InChI is InChI=1S/C19H22BrNO2.ClH/c20-18-11-16(12-21-13-17-7-4-10-22-17)8-9-19(18)23-14-15-5-2-1-3-6-15;/h1-3,5-6,8-9,11,17,21H,4,7,10,12-14H2;1H. The fourth-order valence-corrected chi connectivity index (χ4v) is 3.23. The summed E-state index contributed by atoms with van der Waals surface area (Å²) in [5.74, 6) is 0.872. The summed E-state index contributed by atoms with van der Waals surface area (Å²) >= 11 is 3.60. The largest absolute Gasteiger partial charge is 0.488 e. The van der Waals surface area contributed by atoms with E-state index in [1.54, 1.807) is 0 Å². The normalized spacial score (nSPS) is 16.6. The van der Waals surface area contributed by atoms with Crippen molar-refractivity contribution in [2.24, 2.45) is 0 Å². The van der Waals surface area contributed by atoms with Gasteiger partial charge in [-0.25, -0.2) is 0 Å². The van der Waals surface area contributed by atoms with Crippen LogP contribution in [0.25, 0.3) is 0 Å². The lowest BCUT2D eigenvalue weighted by Crippen LogP contribution is -2.25. The van der Waals surface area contributed by atoms with E-state index in [1.165, 1.54) is 24.0 Å². The van der Waals surface area contributed by atoms with E-state index in [1.807, 2.05) is 24.3 Å². The Morgan fingerprint density at radius 2 is 1.96 bits per heavy atom. The zero-order valence-electron chi connectivity index (χ0n) is 13.5. The molecule has 1 saturated heterocycles. The molecule has 130 valence electrons. The molecule has 0 spiro atoms. The van der Waals surface area contributed by atoms with Crippen molar-refractivity contribution in [1.82, 2.24) is 5.32 Å². The summed E-state index contributed by atoms with van der Waals surface area (Å²) < 4.78 is 12.5. The predicted molar refractivity (Wildman–Crippen MR) is 103 cm³/mol. The number of nitrogens with one attached hydrogen (secondary N) is 1. The monoisotopic (exact) mass is 411 g/mol. The van der Waals surface area contributed by atoms with Gasteiger partial charge < -0.3 is 14.8 Å². The maximum atomic E-state index is 5.88. The second-order valence-electron chi connectivity index (χ2n) is 5.80. The number of ether oxygens (including phenoxy) is 2. The van der Waals surface area contributed by atoms with Crippen molar-refractivity contribution in [3.05, 3.63) is 64.1 Å². The van der Waals surface area contributed by atoms with Gasteiger partial charge in [0.25, 0.3) is 0 Å². The molecular weight excluding hydrogens is 390 g/mol. The van der Waals surface area contributed by atoms with Gasteiger partial charge in [0.15, 0.2) is 0 Å². The predicted octanol–water partition coefficient (Wildman–Crippen LogP) is 4.72. The molecule has 3 nitrogen and oxygen atoms in total. The van der Waals surface area contributed by atoms with Gasteiger partial charge in [-0.15, -0.1) is 12.4 Å². The molecule has 5 heteroatoms. The molecule has 24 heavy (non-hydrogen) atoms. The van der Waals surface area contributed by atoms with Crippen LogP contribution in [-0.2, 0) is 17.9 Å². The van der Waals surface area contributed by atoms with E-state index >= 15 is 0 Å². The first-order valence-electron chi connectivity index (χ1n) is 8.09. The third kappa shape index (κ3) is 5.78. The highest BCUT2D eigenvalue weighted by Gasteiger charge is 2.14. The minimum atomic E-state index is 0. The van der Waals surface area contributed by atoms with Gasteiger partial charge in [-0.2, -0.15) is 0 Å². The first-order chi connectivity index (χ1) is 11.3. The number of hydrogen-bond acceptors (Lipinski definition) is 3. The number of benzene rings is 2. The summed E-state index contributed by atoms with van der Waals surface area (Å²) in [4.78, 5) is 0. The van der Waals surface area contributed by atoms with Crippen LogP contribution in [0.15, 0.2) is 53.0 Å². The molecule has 0 amide bonds. The lowest BCUT2D eigenvalue weighted by atomic mass is 10.2. The summed E-state index contributed by atoms with van der Waals surface area (Å²) in [6.45, 7) is 3.25. The molecule has 1 atom stereocenters. The summed E-state index contributed by atoms with van der Waals surface area (Å²) in [5.41, 5.74) is 2.41. The van der Waals surface area contributed by atoms with Gasteiger partial charge in [0, 0.05) is 19.7 Å². The van der Waals surface area contributed by atoms with Gasteiger partial charge in [0.1, 0.15) is 12.4 Å². The molecule has 0 aromatic heterocycles. The van der Waals surface area contributed by atoms with Crippen LogP contribution < -0.4 is 10.1 Å². The molecule has 1 heterocycles. The van der Waals surface area contributed by atoms with E-state index in [0.717, 1.165) is 29.9 Å². The zero-order chi connectivity index (χ0) is 15.9.